The Morgan fingerprint density at radius 1 is 1.06 bits per heavy atom. The number of carbonyl (C=O) groups is 1. The molecule has 0 aliphatic heterocycles. The quantitative estimate of drug-likeness (QED) is 0.362. The van der Waals surface area contributed by atoms with Gasteiger partial charge in [0.15, 0.2) is 0 Å². The van der Waals surface area contributed by atoms with Crippen molar-refractivity contribution >= 4 is 5.91 Å². The Bertz CT molecular complexity index is 184. The Kier molecular flexibility index (Phi) is 11.5. The number of carbonyl (C=O) groups excluding carboxylic acids is 1. The largest absolute Gasteiger partial charge is 0.396 e. The van der Waals surface area contributed by atoms with Crippen LogP contribution >= 0.6 is 0 Å². The molecule has 16 heavy (non-hydrogen) atoms. The molecule has 94 valence electrons. The molecular formula is C12H24N2O2. The maximum Gasteiger partial charge on any atom is 0.243 e. The average Bonchev–Trinajstić information content (AvgIpc) is 2.31. The number of nitrogens with one attached hydrogen (secondary N) is 2. The molecule has 0 spiro atoms. The highest BCUT2D eigenvalue weighted by atomic mass is 16.3. The topological polar surface area (TPSA) is 61.4 Å². The van der Waals surface area contributed by atoms with Crippen LogP contribution in [0.25, 0.3) is 0 Å². The predicted octanol–water partition coefficient (Wildman–Crippen LogP) is 0.821. The minimum absolute atomic E-state index is 0.0920. The number of aliphatic hydroxyl groups excluding tert-OH is 1. The number of hydrogen-bond donors (Lipinski definition) is 3. The molecular weight excluding hydrogens is 204 g/mol. The van der Waals surface area contributed by atoms with Crippen LogP contribution in [0.5, 0.6) is 0 Å². The van der Waals surface area contributed by atoms with E-state index in [1.54, 1.807) is 0 Å². The highest BCUT2D eigenvalue weighted by Gasteiger charge is 1.93. The summed E-state index contributed by atoms with van der Waals surface area (Å²) in [6, 6.07) is 0. The van der Waals surface area contributed by atoms with Gasteiger partial charge in [-0.3, -0.25) is 4.79 Å². The SMILES string of the molecule is C=CC(=O)NCCCCCCNCCCO. The Morgan fingerprint density at radius 2 is 1.69 bits per heavy atom. The summed E-state index contributed by atoms with van der Waals surface area (Å²) >= 11 is 0. The van der Waals surface area contributed by atoms with Gasteiger partial charge in [0.25, 0.3) is 0 Å². The van der Waals surface area contributed by atoms with Crippen LogP contribution in [0.4, 0.5) is 0 Å². The van der Waals surface area contributed by atoms with E-state index in [1.165, 1.54) is 12.5 Å². The lowest BCUT2D eigenvalue weighted by molar-refractivity contribution is -0.116. The van der Waals surface area contributed by atoms with Crippen LogP contribution in [0, 0.1) is 0 Å². The summed E-state index contributed by atoms with van der Waals surface area (Å²) in [5.74, 6) is -0.0920. The van der Waals surface area contributed by atoms with Gasteiger partial charge in [-0.15, -0.1) is 0 Å². The molecule has 0 aliphatic carbocycles. The average molecular weight is 228 g/mol. The van der Waals surface area contributed by atoms with Crippen LogP contribution in [-0.4, -0.2) is 37.3 Å². The van der Waals surface area contributed by atoms with Crippen molar-refractivity contribution in [2.24, 2.45) is 0 Å². The van der Waals surface area contributed by atoms with E-state index in [-0.39, 0.29) is 12.5 Å². The summed E-state index contributed by atoms with van der Waals surface area (Å²) in [6.07, 6.45) is 6.62. The zero-order valence-electron chi connectivity index (χ0n) is 10.0. The second-order valence-electron chi connectivity index (χ2n) is 3.74. The van der Waals surface area contributed by atoms with Gasteiger partial charge < -0.3 is 15.7 Å². The number of hydrogen-bond acceptors (Lipinski definition) is 3. The first-order chi connectivity index (χ1) is 7.81. The third kappa shape index (κ3) is 11.2. The first kappa shape index (κ1) is 15.1. The monoisotopic (exact) mass is 228 g/mol. The summed E-state index contributed by atoms with van der Waals surface area (Å²) < 4.78 is 0. The molecule has 0 aromatic rings. The molecule has 0 aliphatic rings. The molecule has 0 unspecified atom stereocenters. The first-order valence-electron chi connectivity index (χ1n) is 6.03. The van der Waals surface area contributed by atoms with Crippen molar-refractivity contribution < 1.29 is 9.90 Å². The fourth-order valence-electron chi connectivity index (χ4n) is 1.34. The molecule has 0 heterocycles. The Morgan fingerprint density at radius 3 is 2.31 bits per heavy atom. The molecule has 3 N–H and O–H groups in total. The zero-order valence-corrected chi connectivity index (χ0v) is 10.0. The van der Waals surface area contributed by atoms with E-state index in [2.05, 4.69) is 17.2 Å². The fraction of sp³-hybridized carbons (Fsp3) is 0.750. The van der Waals surface area contributed by atoms with Crippen molar-refractivity contribution in [1.82, 2.24) is 10.6 Å². The van der Waals surface area contributed by atoms with Gasteiger partial charge in [0, 0.05) is 13.2 Å². The van der Waals surface area contributed by atoms with Crippen LogP contribution in [0.3, 0.4) is 0 Å². The third-order valence-corrected chi connectivity index (χ3v) is 2.28. The van der Waals surface area contributed by atoms with Crippen LogP contribution < -0.4 is 10.6 Å². The van der Waals surface area contributed by atoms with Crippen molar-refractivity contribution in [1.29, 1.82) is 0 Å². The minimum Gasteiger partial charge on any atom is -0.396 e. The Labute approximate surface area is 98.1 Å². The van der Waals surface area contributed by atoms with Gasteiger partial charge in [-0.2, -0.15) is 0 Å². The number of unbranched alkanes of at least 4 members (excludes halogenated alkanes) is 3. The summed E-state index contributed by atoms with van der Waals surface area (Å²) in [5.41, 5.74) is 0. The summed E-state index contributed by atoms with van der Waals surface area (Å²) in [6.45, 7) is 6.29. The van der Waals surface area contributed by atoms with E-state index in [0.29, 0.717) is 0 Å². The maximum atomic E-state index is 10.8. The highest BCUT2D eigenvalue weighted by Crippen LogP contribution is 1.97. The van der Waals surface area contributed by atoms with Gasteiger partial charge in [-0.1, -0.05) is 19.4 Å². The van der Waals surface area contributed by atoms with Gasteiger partial charge in [0.1, 0.15) is 0 Å². The summed E-state index contributed by atoms with van der Waals surface area (Å²) in [5, 5.41) is 14.6. The number of amides is 1. The fourth-order valence-corrected chi connectivity index (χ4v) is 1.34. The third-order valence-electron chi connectivity index (χ3n) is 2.28. The van der Waals surface area contributed by atoms with Gasteiger partial charge in [0.2, 0.25) is 5.91 Å². The van der Waals surface area contributed by atoms with Crippen LogP contribution in [0.15, 0.2) is 12.7 Å². The molecule has 0 saturated heterocycles. The van der Waals surface area contributed by atoms with Crippen LogP contribution in [0.1, 0.15) is 32.1 Å². The second-order valence-corrected chi connectivity index (χ2v) is 3.74. The van der Waals surface area contributed by atoms with E-state index in [4.69, 9.17) is 5.11 Å². The lowest BCUT2D eigenvalue weighted by Crippen LogP contribution is -2.21. The lowest BCUT2D eigenvalue weighted by atomic mass is 10.2. The molecule has 0 aromatic heterocycles. The van der Waals surface area contributed by atoms with Crippen molar-refractivity contribution in [3.63, 3.8) is 0 Å². The van der Waals surface area contributed by atoms with Crippen molar-refractivity contribution in [3.05, 3.63) is 12.7 Å². The molecule has 4 nitrogen and oxygen atoms in total. The predicted molar refractivity (Wildman–Crippen MR) is 66.2 cm³/mol. The molecule has 0 atom stereocenters. The first-order valence-corrected chi connectivity index (χ1v) is 6.03. The Hall–Kier alpha value is -0.870. The maximum absolute atomic E-state index is 10.8. The lowest BCUT2D eigenvalue weighted by Gasteiger charge is -2.04. The minimum atomic E-state index is -0.0920. The molecule has 0 rings (SSSR count). The number of rotatable bonds is 11. The van der Waals surface area contributed by atoms with Crippen LogP contribution in [-0.2, 0) is 4.79 Å². The van der Waals surface area contributed by atoms with Gasteiger partial charge in [0.05, 0.1) is 0 Å². The van der Waals surface area contributed by atoms with E-state index >= 15 is 0 Å². The normalized spacial score (nSPS) is 10.1. The molecule has 0 bridgehead atoms. The van der Waals surface area contributed by atoms with Gasteiger partial charge in [-0.25, -0.2) is 0 Å². The molecule has 0 radical (unpaired) electrons. The van der Waals surface area contributed by atoms with E-state index in [9.17, 15) is 4.79 Å². The summed E-state index contributed by atoms with van der Waals surface area (Å²) in [4.78, 5) is 10.8. The molecule has 1 amide bonds. The molecule has 4 heteroatoms. The van der Waals surface area contributed by atoms with Crippen LogP contribution in [0.2, 0.25) is 0 Å². The standard InChI is InChI=1S/C12H24N2O2/c1-2-12(16)14-10-6-4-3-5-8-13-9-7-11-15/h2,13,15H,1,3-11H2,(H,14,16). The van der Waals surface area contributed by atoms with E-state index in [1.807, 2.05) is 0 Å². The Balaban J connectivity index is 2.98. The smallest absolute Gasteiger partial charge is 0.243 e. The molecule has 0 saturated carbocycles. The van der Waals surface area contributed by atoms with E-state index < -0.39 is 0 Å². The zero-order chi connectivity index (χ0) is 12.1. The molecule has 0 fully saturated rings. The van der Waals surface area contributed by atoms with Gasteiger partial charge in [-0.05, 0) is 38.4 Å². The van der Waals surface area contributed by atoms with Crippen molar-refractivity contribution in [2.75, 3.05) is 26.2 Å². The van der Waals surface area contributed by atoms with Crippen molar-refractivity contribution in [2.45, 2.75) is 32.1 Å². The summed E-state index contributed by atoms with van der Waals surface area (Å²) in [7, 11) is 0. The number of aliphatic hydroxyl groups is 1. The second kappa shape index (κ2) is 12.2. The van der Waals surface area contributed by atoms with E-state index in [0.717, 1.165) is 45.3 Å². The van der Waals surface area contributed by atoms with Gasteiger partial charge >= 0.3 is 0 Å². The molecule has 0 aromatic carbocycles. The highest BCUT2D eigenvalue weighted by molar-refractivity contribution is 5.86. The van der Waals surface area contributed by atoms with Crippen molar-refractivity contribution in [3.8, 4) is 0 Å².